The Morgan fingerprint density at radius 3 is 2.71 bits per heavy atom. The minimum Gasteiger partial charge on any atom is -0.340 e. The molecule has 5 nitrogen and oxygen atoms in total. The Hall–Kier alpha value is -1.31. The first kappa shape index (κ1) is 20.7. The molecule has 1 aliphatic heterocycles. The molecule has 2 unspecified atom stereocenters. The maximum atomic E-state index is 12.8. The number of hydrogen-bond acceptors (Lipinski definition) is 4. The van der Waals surface area contributed by atoms with Gasteiger partial charge in [0.2, 0.25) is 11.8 Å². The highest BCUT2D eigenvalue weighted by molar-refractivity contribution is 8.01. The molecular formula is C16H23ClFN3O2S. The summed E-state index contributed by atoms with van der Waals surface area (Å²) in [6.45, 7) is 3.13. The summed E-state index contributed by atoms with van der Waals surface area (Å²) in [7, 11) is 0. The average Bonchev–Trinajstić information content (AvgIpc) is 2.54. The largest absolute Gasteiger partial charge is 0.340 e. The highest BCUT2D eigenvalue weighted by Gasteiger charge is 2.25. The average molecular weight is 376 g/mol. The van der Waals surface area contributed by atoms with Crippen LogP contribution in [0.3, 0.4) is 0 Å². The molecule has 0 aliphatic carbocycles. The number of thioether (sulfide) groups is 1. The molecule has 0 spiro atoms. The zero-order valence-corrected chi connectivity index (χ0v) is 15.2. The maximum Gasteiger partial charge on any atom is 0.235 e. The van der Waals surface area contributed by atoms with E-state index in [9.17, 15) is 14.0 Å². The number of benzene rings is 1. The van der Waals surface area contributed by atoms with E-state index in [2.05, 4.69) is 5.32 Å². The third-order valence-corrected chi connectivity index (χ3v) is 4.84. The lowest BCUT2D eigenvalue weighted by Crippen LogP contribution is -2.48. The van der Waals surface area contributed by atoms with E-state index in [1.165, 1.54) is 36.0 Å². The smallest absolute Gasteiger partial charge is 0.235 e. The Labute approximate surface area is 151 Å². The number of anilines is 1. The van der Waals surface area contributed by atoms with Crippen molar-refractivity contribution < 1.29 is 14.0 Å². The Morgan fingerprint density at radius 2 is 2.08 bits per heavy atom. The minimum atomic E-state index is -0.351. The molecule has 2 rings (SSSR count). The molecule has 1 heterocycles. The van der Waals surface area contributed by atoms with Gasteiger partial charge in [-0.15, -0.1) is 24.2 Å². The first-order valence-electron chi connectivity index (χ1n) is 7.67. The van der Waals surface area contributed by atoms with Gasteiger partial charge in [0, 0.05) is 24.8 Å². The van der Waals surface area contributed by atoms with Crippen molar-refractivity contribution in [1.29, 1.82) is 0 Å². The predicted octanol–water partition coefficient (Wildman–Crippen LogP) is 2.26. The Bertz CT molecular complexity index is 559. The van der Waals surface area contributed by atoms with Gasteiger partial charge in [0.25, 0.3) is 0 Å². The number of carbonyl (C=O) groups excluding carboxylic acids is 2. The maximum absolute atomic E-state index is 12.8. The molecule has 1 saturated heterocycles. The fourth-order valence-corrected chi connectivity index (χ4v) is 3.23. The molecule has 3 N–H and O–H groups in total. The summed E-state index contributed by atoms with van der Waals surface area (Å²) >= 11 is 1.29. The van der Waals surface area contributed by atoms with Crippen molar-refractivity contribution in [2.24, 2.45) is 5.73 Å². The van der Waals surface area contributed by atoms with Crippen molar-refractivity contribution in [1.82, 2.24) is 4.90 Å². The van der Waals surface area contributed by atoms with Gasteiger partial charge in [0.15, 0.2) is 0 Å². The van der Waals surface area contributed by atoms with Gasteiger partial charge < -0.3 is 16.0 Å². The molecule has 0 radical (unpaired) electrons. The lowest BCUT2D eigenvalue weighted by atomic mass is 10.1. The van der Waals surface area contributed by atoms with Crippen molar-refractivity contribution in [2.75, 3.05) is 24.2 Å². The van der Waals surface area contributed by atoms with Crippen LogP contribution in [0.25, 0.3) is 0 Å². The van der Waals surface area contributed by atoms with Gasteiger partial charge in [-0.3, -0.25) is 9.59 Å². The van der Waals surface area contributed by atoms with Crippen LogP contribution in [0, 0.1) is 5.82 Å². The van der Waals surface area contributed by atoms with Gasteiger partial charge in [-0.05, 0) is 44.0 Å². The molecule has 0 saturated carbocycles. The fraction of sp³-hybridized carbons (Fsp3) is 0.500. The van der Waals surface area contributed by atoms with Crippen molar-refractivity contribution >= 4 is 41.7 Å². The molecule has 8 heteroatoms. The topological polar surface area (TPSA) is 75.4 Å². The van der Waals surface area contributed by atoms with Crippen LogP contribution in [0.2, 0.25) is 0 Å². The van der Waals surface area contributed by atoms with Gasteiger partial charge in [-0.2, -0.15) is 0 Å². The van der Waals surface area contributed by atoms with Crippen LogP contribution in [0.4, 0.5) is 10.1 Å². The van der Waals surface area contributed by atoms with Crippen LogP contribution in [-0.4, -0.2) is 46.8 Å². The lowest BCUT2D eigenvalue weighted by Gasteiger charge is -2.32. The zero-order chi connectivity index (χ0) is 16.8. The SMILES string of the molecule is CC(SCC(=O)Nc1ccc(F)cc1)C(=O)N1CCCC(N)C1.Cl. The molecule has 0 bridgehead atoms. The molecule has 1 aromatic carbocycles. The number of nitrogens with one attached hydrogen (secondary N) is 1. The van der Waals surface area contributed by atoms with Crippen molar-refractivity contribution in [3.05, 3.63) is 30.1 Å². The first-order chi connectivity index (χ1) is 11.0. The van der Waals surface area contributed by atoms with Crippen LogP contribution >= 0.6 is 24.2 Å². The normalized spacial score (nSPS) is 18.5. The van der Waals surface area contributed by atoms with E-state index in [1.54, 1.807) is 11.8 Å². The highest BCUT2D eigenvalue weighted by Crippen LogP contribution is 2.17. The number of nitrogens with two attached hydrogens (primary N) is 1. The van der Waals surface area contributed by atoms with Crippen LogP contribution in [0.1, 0.15) is 19.8 Å². The van der Waals surface area contributed by atoms with Crippen molar-refractivity contribution in [3.8, 4) is 0 Å². The van der Waals surface area contributed by atoms with E-state index < -0.39 is 0 Å². The molecule has 24 heavy (non-hydrogen) atoms. The summed E-state index contributed by atoms with van der Waals surface area (Å²) in [5.74, 6) is -0.364. The van der Waals surface area contributed by atoms with E-state index in [0.29, 0.717) is 12.2 Å². The summed E-state index contributed by atoms with van der Waals surface area (Å²) in [6.07, 6.45) is 1.88. The van der Waals surface area contributed by atoms with Gasteiger partial charge in [-0.25, -0.2) is 4.39 Å². The van der Waals surface area contributed by atoms with Gasteiger partial charge in [0.1, 0.15) is 5.82 Å². The summed E-state index contributed by atoms with van der Waals surface area (Å²) in [6, 6.07) is 5.62. The molecule has 2 amide bonds. The molecule has 2 atom stereocenters. The van der Waals surface area contributed by atoms with Gasteiger partial charge >= 0.3 is 0 Å². The van der Waals surface area contributed by atoms with E-state index in [1.807, 2.05) is 0 Å². The standard InChI is InChI=1S/C16H22FN3O2S.ClH/c1-11(16(22)20-8-2-3-13(18)9-20)23-10-15(21)19-14-6-4-12(17)5-7-14;/h4-7,11,13H,2-3,8-10,18H2,1H3,(H,19,21);1H. The number of piperidine rings is 1. The molecule has 1 fully saturated rings. The van der Waals surface area contributed by atoms with Crippen LogP contribution < -0.4 is 11.1 Å². The van der Waals surface area contributed by atoms with Gasteiger partial charge in [-0.1, -0.05) is 0 Å². The minimum absolute atomic E-state index is 0. The second-order valence-electron chi connectivity index (χ2n) is 5.69. The monoisotopic (exact) mass is 375 g/mol. The number of nitrogens with zero attached hydrogens (tertiary/aromatic N) is 1. The fourth-order valence-electron chi connectivity index (χ4n) is 2.47. The number of rotatable bonds is 5. The molecule has 1 aliphatic rings. The Kier molecular flexibility index (Phi) is 8.52. The summed E-state index contributed by atoms with van der Waals surface area (Å²) < 4.78 is 12.8. The quantitative estimate of drug-likeness (QED) is 0.827. The highest BCUT2D eigenvalue weighted by atomic mass is 35.5. The van der Waals surface area contributed by atoms with Crippen LogP contribution in [-0.2, 0) is 9.59 Å². The van der Waals surface area contributed by atoms with E-state index >= 15 is 0 Å². The van der Waals surface area contributed by atoms with E-state index in [0.717, 1.165) is 19.4 Å². The number of hydrogen-bond donors (Lipinski definition) is 2. The summed E-state index contributed by atoms with van der Waals surface area (Å²) in [4.78, 5) is 26.0. The Balaban J connectivity index is 0.00000288. The number of carbonyl (C=O) groups is 2. The zero-order valence-electron chi connectivity index (χ0n) is 13.5. The first-order valence-corrected chi connectivity index (χ1v) is 8.72. The van der Waals surface area contributed by atoms with Gasteiger partial charge in [0.05, 0.1) is 11.0 Å². The number of halogens is 2. The predicted molar refractivity (Wildman–Crippen MR) is 98.0 cm³/mol. The second-order valence-corrected chi connectivity index (χ2v) is 7.02. The molecule has 0 aromatic heterocycles. The summed E-state index contributed by atoms with van der Waals surface area (Å²) in [5.41, 5.74) is 6.43. The van der Waals surface area contributed by atoms with E-state index in [4.69, 9.17) is 5.73 Å². The third-order valence-electron chi connectivity index (χ3n) is 3.71. The molecular weight excluding hydrogens is 353 g/mol. The van der Waals surface area contributed by atoms with Crippen molar-refractivity contribution in [2.45, 2.75) is 31.1 Å². The lowest BCUT2D eigenvalue weighted by molar-refractivity contribution is -0.131. The number of likely N-dealkylation sites (tertiary alicyclic amines) is 1. The second kappa shape index (κ2) is 9.86. The van der Waals surface area contributed by atoms with Crippen molar-refractivity contribution in [3.63, 3.8) is 0 Å². The molecule has 134 valence electrons. The van der Waals surface area contributed by atoms with E-state index in [-0.39, 0.29) is 47.1 Å². The summed E-state index contributed by atoms with van der Waals surface area (Å²) in [5, 5.41) is 2.39. The van der Waals surface area contributed by atoms with Crippen LogP contribution in [0.5, 0.6) is 0 Å². The van der Waals surface area contributed by atoms with Crippen LogP contribution in [0.15, 0.2) is 24.3 Å². The molecule has 1 aromatic rings. The Morgan fingerprint density at radius 1 is 1.42 bits per heavy atom. The third kappa shape index (κ3) is 6.30. The number of amides is 2.